The van der Waals surface area contributed by atoms with Crippen LogP contribution in [0.5, 0.6) is 0 Å². The standard InChI is InChI=1S/C33H41B2NO4/c1-29(2)25-20-22(34-37-30(3,4)31(5,6)38-34)16-18-27(25)36(24-14-12-11-13-15-24)28-19-17-23(21-26(28)29)35-39-32(7,8)33(9,10)40-35/h11-21H,1-10H3. The van der Waals surface area contributed by atoms with Crippen molar-refractivity contribution in [2.75, 3.05) is 4.90 Å². The third-order valence-corrected chi connectivity index (χ3v) is 9.93. The van der Waals surface area contributed by atoms with Crippen molar-refractivity contribution in [3.05, 3.63) is 77.9 Å². The maximum absolute atomic E-state index is 6.45. The second kappa shape index (κ2) is 8.72. The van der Waals surface area contributed by atoms with Crippen molar-refractivity contribution >= 4 is 42.2 Å². The molecule has 2 fully saturated rings. The van der Waals surface area contributed by atoms with Gasteiger partial charge in [0.15, 0.2) is 0 Å². The molecule has 40 heavy (non-hydrogen) atoms. The smallest absolute Gasteiger partial charge is 0.399 e. The van der Waals surface area contributed by atoms with Gasteiger partial charge in [0.1, 0.15) is 0 Å². The molecular weight excluding hydrogens is 496 g/mol. The second-order valence-corrected chi connectivity index (χ2v) is 14.0. The van der Waals surface area contributed by atoms with Gasteiger partial charge < -0.3 is 23.5 Å². The van der Waals surface area contributed by atoms with Crippen LogP contribution in [0.3, 0.4) is 0 Å². The number of benzene rings is 3. The van der Waals surface area contributed by atoms with Crippen molar-refractivity contribution in [2.45, 2.75) is 97.1 Å². The van der Waals surface area contributed by atoms with Crippen LogP contribution in [0.4, 0.5) is 17.1 Å². The Morgan fingerprint density at radius 3 is 1.25 bits per heavy atom. The lowest BCUT2D eigenvalue weighted by Crippen LogP contribution is -2.41. The molecule has 0 amide bonds. The average Bonchev–Trinajstić information content (AvgIpc) is 3.24. The minimum Gasteiger partial charge on any atom is -0.399 e. The molecule has 6 rings (SSSR count). The van der Waals surface area contributed by atoms with Crippen LogP contribution in [0.15, 0.2) is 66.7 Å². The zero-order chi connectivity index (χ0) is 28.9. The highest BCUT2D eigenvalue weighted by atomic mass is 16.7. The summed E-state index contributed by atoms with van der Waals surface area (Å²) in [7, 11) is -0.845. The molecule has 0 radical (unpaired) electrons. The van der Waals surface area contributed by atoms with E-state index in [1.165, 1.54) is 11.1 Å². The van der Waals surface area contributed by atoms with Gasteiger partial charge in [-0.15, -0.1) is 0 Å². The van der Waals surface area contributed by atoms with E-state index in [0.29, 0.717) is 0 Å². The predicted octanol–water partition coefficient (Wildman–Crippen LogP) is 6.39. The maximum atomic E-state index is 6.45. The normalized spacial score (nSPS) is 23.2. The molecule has 7 heteroatoms. The summed E-state index contributed by atoms with van der Waals surface area (Å²) in [6, 6.07) is 23.8. The van der Waals surface area contributed by atoms with Crippen molar-refractivity contribution in [3.8, 4) is 0 Å². The van der Waals surface area contributed by atoms with E-state index in [1.54, 1.807) is 0 Å². The Morgan fingerprint density at radius 1 is 0.500 bits per heavy atom. The van der Waals surface area contributed by atoms with Gasteiger partial charge in [-0.3, -0.25) is 0 Å². The summed E-state index contributed by atoms with van der Waals surface area (Å²) in [5.74, 6) is 0. The summed E-state index contributed by atoms with van der Waals surface area (Å²) in [6.07, 6.45) is 0. The molecule has 0 aliphatic carbocycles. The van der Waals surface area contributed by atoms with E-state index in [4.69, 9.17) is 18.6 Å². The molecule has 3 aliphatic heterocycles. The molecule has 0 bridgehead atoms. The van der Waals surface area contributed by atoms with E-state index in [0.717, 1.165) is 28.0 Å². The van der Waals surface area contributed by atoms with Gasteiger partial charge in [0.25, 0.3) is 0 Å². The van der Waals surface area contributed by atoms with E-state index in [-0.39, 0.29) is 5.41 Å². The Labute approximate surface area is 240 Å². The quantitative estimate of drug-likeness (QED) is 0.362. The molecule has 0 spiro atoms. The van der Waals surface area contributed by atoms with Crippen LogP contribution in [0.25, 0.3) is 0 Å². The number of fused-ring (bicyclic) bond motifs is 2. The summed E-state index contributed by atoms with van der Waals surface area (Å²) in [5, 5.41) is 0. The molecule has 2 saturated heterocycles. The Balaban J connectivity index is 1.48. The van der Waals surface area contributed by atoms with Gasteiger partial charge in [0, 0.05) is 11.1 Å². The molecule has 0 N–H and O–H groups in total. The Hall–Kier alpha value is -2.57. The number of nitrogens with zero attached hydrogens (tertiary/aromatic N) is 1. The first-order valence-electron chi connectivity index (χ1n) is 14.4. The number of hydrogen-bond acceptors (Lipinski definition) is 5. The SMILES string of the molecule is CC1(C)c2cc(B3OC(C)(C)C(C)(C)O3)ccc2N(c2ccccc2)c2ccc(B3OC(C)(C)C(C)(C)O3)cc21. The largest absolute Gasteiger partial charge is 0.494 e. The molecule has 3 aromatic carbocycles. The summed E-state index contributed by atoms with van der Waals surface area (Å²) in [6.45, 7) is 21.4. The van der Waals surface area contributed by atoms with E-state index < -0.39 is 36.6 Å². The molecule has 0 aromatic heterocycles. The first kappa shape index (κ1) is 27.6. The second-order valence-electron chi connectivity index (χ2n) is 14.0. The zero-order valence-electron chi connectivity index (χ0n) is 25.6. The van der Waals surface area contributed by atoms with Crippen molar-refractivity contribution in [1.29, 1.82) is 0 Å². The Kier molecular flexibility index (Phi) is 6.01. The van der Waals surface area contributed by atoms with Crippen molar-refractivity contribution in [1.82, 2.24) is 0 Å². The van der Waals surface area contributed by atoms with E-state index in [9.17, 15) is 0 Å². The predicted molar refractivity (Wildman–Crippen MR) is 165 cm³/mol. The van der Waals surface area contributed by atoms with Crippen LogP contribution in [-0.4, -0.2) is 36.6 Å². The fourth-order valence-electron chi connectivity index (χ4n) is 5.88. The van der Waals surface area contributed by atoms with Crippen molar-refractivity contribution in [3.63, 3.8) is 0 Å². The van der Waals surface area contributed by atoms with Gasteiger partial charge in [-0.25, -0.2) is 0 Å². The van der Waals surface area contributed by atoms with Crippen LogP contribution in [-0.2, 0) is 24.0 Å². The van der Waals surface area contributed by atoms with Crippen LogP contribution < -0.4 is 15.8 Å². The fourth-order valence-corrected chi connectivity index (χ4v) is 5.88. The van der Waals surface area contributed by atoms with E-state index in [2.05, 4.69) is 141 Å². The molecule has 0 saturated carbocycles. The molecule has 0 atom stereocenters. The number of rotatable bonds is 3. The minimum atomic E-state index is -0.422. The lowest BCUT2D eigenvalue weighted by molar-refractivity contribution is 0.00578. The third kappa shape index (κ3) is 4.08. The van der Waals surface area contributed by atoms with E-state index in [1.807, 2.05) is 0 Å². The lowest BCUT2D eigenvalue weighted by Gasteiger charge is -2.42. The molecule has 5 nitrogen and oxygen atoms in total. The molecular formula is C33H41B2NO4. The van der Waals surface area contributed by atoms with Gasteiger partial charge in [-0.1, -0.05) is 56.3 Å². The van der Waals surface area contributed by atoms with Crippen LogP contribution >= 0.6 is 0 Å². The topological polar surface area (TPSA) is 40.2 Å². The maximum Gasteiger partial charge on any atom is 0.494 e. The Bertz CT molecular complexity index is 1340. The van der Waals surface area contributed by atoms with Gasteiger partial charge in [0.2, 0.25) is 0 Å². The molecule has 3 aromatic rings. The van der Waals surface area contributed by atoms with Crippen LogP contribution in [0, 0.1) is 0 Å². The average molecular weight is 537 g/mol. The highest BCUT2D eigenvalue weighted by Gasteiger charge is 2.53. The summed E-state index contributed by atoms with van der Waals surface area (Å²) in [5.41, 5.74) is 6.05. The number of anilines is 3. The highest BCUT2D eigenvalue weighted by molar-refractivity contribution is 6.62. The monoisotopic (exact) mass is 537 g/mol. The Morgan fingerprint density at radius 2 is 0.875 bits per heavy atom. The molecule has 208 valence electrons. The minimum absolute atomic E-state index is 0.296. The number of hydrogen-bond donors (Lipinski definition) is 0. The van der Waals surface area contributed by atoms with Gasteiger partial charge in [-0.05, 0) is 102 Å². The van der Waals surface area contributed by atoms with Gasteiger partial charge >= 0.3 is 14.2 Å². The van der Waals surface area contributed by atoms with Gasteiger partial charge in [0.05, 0.1) is 33.8 Å². The van der Waals surface area contributed by atoms with Crippen molar-refractivity contribution < 1.29 is 18.6 Å². The van der Waals surface area contributed by atoms with E-state index >= 15 is 0 Å². The first-order valence-corrected chi connectivity index (χ1v) is 14.4. The summed E-state index contributed by atoms with van der Waals surface area (Å²) >= 11 is 0. The zero-order valence-corrected chi connectivity index (χ0v) is 25.6. The third-order valence-electron chi connectivity index (χ3n) is 9.93. The van der Waals surface area contributed by atoms with Gasteiger partial charge in [-0.2, -0.15) is 0 Å². The highest BCUT2D eigenvalue weighted by Crippen LogP contribution is 2.51. The summed E-state index contributed by atoms with van der Waals surface area (Å²) < 4.78 is 25.8. The number of para-hydroxylation sites is 1. The summed E-state index contributed by atoms with van der Waals surface area (Å²) in [4.78, 5) is 2.36. The van der Waals surface area contributed by atoms with Crippen LogP contribution in [0.1, 0.15) is 80.4 Å². The molecule has 0 unspecified atom stereocenters. The molecule has 3 heterocycles. The van der Waals surface area contributed by atoms with Crippen LogP contribution in [0.2, 0.25) is 0 Å². The fraction of sp³-hybridized carbons (Fsp3) is 0.455. The first-order chi connectivity index (χ1) is 18.5. The van der Waals surface area contributed by atoms with Crippen molar-refractivity contribution in [2.24, 2.45) is 0 Å². The molecule has 3 aliphatic rings. The lowest BCUT2D eigenvalue weighted by atomic mass is 9.67.